The number of nitrogens with zero attached hydrogens (tertiary/aromatic N) is 4. The van der Waals surface area contributed by atoms with Gasteiger partial charge in [0.1, 0.15) is 6.33 Å². The smallest absolute Gasteiger partial charge is 0.331 e. The number of thiophene rings is 1. The van der Waals surface area contributed by atoms with Crippen LogP contribution in [0.5, 0.6) is 0 Å². The predicted octanol–water partition coefficient (Wildman–Crippen LogP) is 2.20. The molecule has 0 aliphatic heterocycles. The number of nitrogens with one attached hydrogen (secondary N) is 1. The second-order valence-electron chi connectivity index (χ2n) is 6.50. The molecule has 152 valence electrons. The third-order valence-electron chi connectivity index (χ3n) is 4.43. The first kappa shape index (κ1) is 21.0. The van der Waals surface area contributed by atoms with Gasteiger partial charge in [0.15, 0.2) is 6.04 Å². The maximum absolute atomic E-state index is 12.7. The SMILES string of the molecule is O=C(NC(C(=O)O)c1ccc(Cn2cnnn2)s1)C(CS)CCc1ccccc1. The summed E-state index contributed by atoms with van der Waals surface area (Å²) in [5, 5.41) is 23.3. The molecule has 0 saturated heterocycles. The van der Waals surface area contributed by atoms with E-state index in [4.69, 9.17) is 0 Å². The van der Waals surface area contributed by atoms with Crippen LogP contribution in [-0.2, 0) is 22.6 Å². The van der Waals surface area contributed by atoms with E-state index in [0.29, 0.717) is 23.6 Å². The molecule has 0 aliphatic rings. The van der Waals surface area contributed by atoms with Gasteiger partial charge in [-0.1, -0.05) is 30.3 Å². The fourth-order valence-corrected chi connectivity index (χ4v) is 4.25. The van der Waals surface area contributed by atoms with Crippen molar-refractivity contribution in [2.45, 2.75) is 25.4 Å². The van der Waals surface area contributed by atoms with Gasteiger partial charge in [0.2, 0.25) is 5.91 Å². The molecule has 0 aliphatic carbocycles. The Kier molecular flexibility index (Phi) is 7.36. The molecule has 2 atom stereocenters. The predicted molar refractivity (Wildman–Crippen MR) is 112 cm³/mol. The van der Waals surface area contributed by atoms with Crippen LogP contribution in [0.2, 0.25) is 0 Å². The Labute approximate surface area is 177 Å². The number of hydrogen-bond acceptors (Lipinski definition) is 7. The number of aryl methyl sites for hydroxylation is 1. The highest BCUT2D eigenvalue weighted by Crippen LogP contribution is 2.25. The van der Waals surface area contributed by atoms with Gasteiger partial charge in [0.05, 0.1) is 6.54 Å². The van der Waals surface area contributed by atoms with E-state index < -0.39 is 12.0 Å². The summed E-state index contributed by atoms with van der Waals surface area (Å²) >= 11 is 5.60. The van der Waals surface area contributed by atoms with E-state index in [0.717, 1.165) is 16.9 Å². The second-order valence-corrected chi connectivity index (χ2v) is 8.06. The number of carboxylic acids is 1. The van der Waals surface area contributed by atoms with E-state index in [1.54, 1.807) is 10.7 Å². The lowest BCUT2D eigenvalue weighted by Crippen LogP contribution is -2.38. The number of benzene rings is 1. The summed E-state index contributed by atoms with van der Waals surface area (Å²) in [5.74, 6) is -1.44. The second kappa shape index (κ2) is 10.2. The van der Waals surface area contributed by atoms with Crippen molar-refractivity contribution in [1.82, 2.24) is 25.5 Å². The number of hydrogen-bond donors (Lipinski definition) is 3. The molecule has 0 saturated carbocycles. The summed E-state index contributed by atoms with van der Waals surface area (Å²) in [6.45, 7) is 0.439. The van der Waals surface area contributed by atoms with E-state index in [1.807, 2.05) is 36.4 Å². The number of amides is 1. The Morgan fingerprint density at radius 1 is 1.21 bits per heavy atom. The number of thiol groups is 1. The van der Waals surface area contributed by atoms with Crippen LogP contribution < -0.4 is 5.32 Å². The minimum atomic E-state index is -1.10. The van der Waals surface area contributed by atoms with Crippen LogP contribution in [0.4, 0.5) is 0 Å². The Bertz CT molecular complexity index is 930. The molecule has 8 nitrogen and oxygen atoms in total. The highest BCUT2D eigenvalue weighted by Gasteiger charge is 2.27. The minimum absolute atomic E-state index is 0.307. The summed E-state index contributed by atoms with van der Waals surface area (Å²) in [4.78, 5) is 25.9. The van der Waals surface area contributed by atoms with E-state index in [-0.39, 0.29) is 11.8 Å². The number of rotatable bonds is 10. The van der Waals surface area contributed by atoms with Gasteiger partial charge in [-0.15, -0.1) is 16.4 Å². The Balaban J connectivity index is 1.63. The Hall–Kier alpha value is -2.72. The Morgan fingerprint density at radius 2 is 2.00 bits per heavy atom. The molecule has 2 aromatic heterocycles. The normalized spacial score (nSPS) is 13.0. The summed E-state index contributed by atoms with van der Waals surface area (Å²) in [6.07, 6.45) is 2.81. The van der Waals surface area contributed by atoms with Crippen molar-refractivity contribution < 1.29 is 14.7 Å². The summed E-state index contributed by atoms with van der Waals surface area (Å²) in [7, 11) is 0. The van der Waals surface area contributed by atoms with Gasteiger partial charge in [-0.05, 0) is 41.0 Å². The van der Waals surface area contributed by atoms with Crippen molar-refractivity contribution >= 4 is 35.8 Å². The van der Waals surface area contributed by atoms with Crippen molar-refractivity contribution in [3.05, 3.63) is 64.1 Å². The summed E-state index contributed by atoms with van der Waals surface area (Å²) in [5.41, 5.74) is 1.13. The quantitative estimate of drug-likeness (QED) is 0.425. The van der Waals surface area contributed by atoms with E-state index in [9.17, 15) is 14.7 Å². The van der Waals surface area contributed by atoms with Crippen LogP contribution in [0.25, 0.3) is 0 Å². The van der Waals surface area contributed by atoms with Crippen molar-refractivity contribution in [2.24, 2.45) is 5.92 Å². The van der Waals surface area contributed by atoms with Gasteiger partial charge in [0, 0.05) is 21.4 Å². The van der Waals surface area contributed by atoms with Gasteiger partial charge in [-0.3, -0.25) is 4.79 Å². The van der Waals surface area contributed by atoms with Gasteiger partial charge in [0.25, 0.3) is 0 Å². The fraction of sp³-hybridized carbons (Fsp3) is 0.316. The molecule has 10 heteroatoms. The number of carboxylic acid groups (broad SMARTS) is 1. The van der Waals surface area contributed by atoms with Crippen LogP contribution in [-0.4, -0.2) is 42.9 Å². The molecule has 1 aromatic carbocycles. The van der Waals surface area contributed by atoms with E-state index in [1.165, 1.54) is 17.7 Å². The topological polar surface area (TPSA) is 110 Å². The molecule has 0 spiro atoms. The number of aliphatic carboxylic acids is 1. The van der Waals surface area contributed by atoms with Gasteiger partial charge >= 0.3 is 5.97 Å². The molecule has 2 N–H and O–H groups in total. The fourth-order valence-electron chi connectivity index (χ4n) is 2.85. The van der Waals surface area contributed by atoms with Crippen molar-refractivity contribution in [2.75, 3.05) is 5.75 Å². The molecule has 2 heterocycles. The number of carbonyl (C=O) groups excluding carboxylic acids is 1. The first-order valence-corrected chi connectivity index (χ1v) is 10.5. The summed E-state index contributed by atoms with van der Waals surface area (Å²) < 4.78 is 1.55. The van der Waals surface area contributed by atoms with Crippen LogP contribution in [0.3, 0.4) is 0 Å². The zero-order valence-electron chi connectivity index (χ0n) is 15.5. The number of carbonyl (C=O) groups is 2. The average molecular weight is 432 g/mol. The minimum Gasteiger partial charge on any atom is -0.479 e. The molecule has 3 rings (SSSR count). The molecule has 3 aromatic rings. The maximum atomic E-state index is 12.7. The maximum Gasteiger partial charge on any atom is 0.331 e. The average Bonchev–Trinajstić information content (AvgIpc) is 3.40. The lowest BCUT2D eigenvalue weighted by atomic mass is 9.99. The summed E-state index contributed by atoms with van der Waals surface area (Å²) in [6, 6.07) is 12.3. The van der Waals surface area contributed by atoms with Gasteiger partial charge in [-0.25, -0.2) is 9.48 Å². The first-order chi connectivity index (χ1) is 14.1. The van der Waals surface area contributed by atoms with Gasteiger partial charge < -0.3 is 10.4 Å². The lowest BCUT2D eigenvalue weighted by molar-refractivity contribution is -0.142. The van der Waals surface area contributed by atoms with Crippen molar-refractivity contribution in [1.29, 1.82) is 0 Å². The van der Waals surface area contributed by atoms with Crippen molar-refractivity contribution in [3.63, 3.8) is 0 Å². The van der Waals surface area contributed by atoms with Crippen LogP contribution in [0.15, 0.2) is 48.8 Å². The van der Waals surface area contributed by atoms with E-state index in [2.05, 4.69) is 33.5 Å². The molecule has 29 heavy (non-hydrogen) atoms. The number of aromatic nitrogens is 4. The van der Waals surface area contributed by atoms with Gasteiger partial charge in [-0.2, -0.15) is 12.6 Å². The molecular weight excluding hydrogens is 410 g/mol. The third kappa shape index (κ3) is 5.88. The largest absolute Gasteiger partial charge is 0.479 e. The zero-order valence-corrected chi connectivity index (χ0v) is 17.2. The highest BCUT2D eigenvalue weighted by molar-refractivity contribution is 7.80. The lowest BCUT2D eigenvalue weighted by Gasteiger charge is -2.18. The first-order valence-electron chi connectivity index (χ1n) is 9.04. The molecule has 1 amide bonds. The Morgan fingerprint density at radius 3 is 2.66 bits per heavy atom. The van der Waals surface area contributed by atoms with Crippen LogP contribution in [0, 0.1) is 5.92 Å². The highest BCUT2D eigenvalue weighted by atomic mass is 32.1. The number of tetrazole rings is 1. The third-order valence-corrected chi connectivity index (χ3v) is 6.00. The standard InChI is InChI=1S/C19H21N5O3S2/c25-18(14(11-28)7-6-13-4-2-1-3-5-13)21-17(19(26)27)16-9-8-15(29-16)10-24-12-20-22-23-24/h1-5,8-9,12,14,17,28H,6-7,10-11H2,(H,21,25)(H,26,27). The zero-order chi connectivity index (χ0) is 20.6. The molecule has 0 radical (unpaired) electrons. The molecule has 0 fully saturated rings. The molecule has 0 bridgehead atoms. The molecule has 2 unspecified atom stereocenters. The van der Waals surface area contributed by atoms with E-state index >= 15 is 0 Å². The monoisotopic (exact) mass is 431 g/mol. The van der Waals surface area contributed by atoms with Crippen LogP contribution >= 0.6 is 24.0 Å². The molecular formula is C19H21N5O3S2. The van der Waals surface area contributed by atoms with Crippen molar-refractivity contribution in [3.8, 4) is 0 Å². The van der Waals surface area contributed by atoms with Crippen LogP contribution in [0.1, 0.15) is 27.8 Å².